The number of Topliss-reactive ketones (excluding diaryl/α,β-unsaturated/α-hetero) is 1. The molecule has 2 nitrogen and oxygen atoms in total. The van der Waals surface area contributed by atoms with Crippen LogP contribution in [0.3, 0.4) is 0 Å². The first-order chi connectivity index (χ1) is 5.03. The van der Waals surface area contributed by atoms with Gasteiger partial charge in [-0.2, -0.15) is 0 Å². The lowest BCUT2D eigenvalue weighted by Crippen LogP contribution is -2.35. The molecule has 1 fully saturated rings. The second-order valence-corrected chi connectivity index (χ2v) is 4.10. The highest BCUT2D eigenvalue weighted by molar-refractivity contribution is 5.83. The second kappa shape index (κ2) is 2.94. The Kier molecular flexibility index (Phi) is 2.33. The highest BCUT2D eigenvalue weighted by Gasteiger charge is 2.34. The van der Waals surface area contributed by atoms with Crippen molar-refractivity contribution in [1.82, 2.24) is 0 Å². The van der Waals surface area contributed by atoms with Gasteiger partial charge in [-0.1, -0.05) is 13.3 Å². The fourth-order valence-electron chi connectivity index (χ4n) is 1.54. The molecule has 0 spiro atoms. The van der Waals surface area contributed by atoms with E-state index in [1.165, 1.54) is 19.3 Å². The monoisotopic (exact) mass is 155 g/mol. The zero-order valence-corrected chi connectivity index (χ0v) is 7.39. The van der Waals surface area contributed by atoms with Crippen molar-refractivity contribution in [1.29, 1.82) is 0 Å². The van der Waals surface area contributed by atoms with Crippen molar-refractivity contribution in [3.63, 3.8) is 0 Å². The van der Waals surface area contributed by atoms with Crippen LogP contribution in [0.1, 0.15) is 39.5 Å². The number of carbonyl (C=O) groups is 1. The summed E-state index contributed by atoms with van der Waals surface area (Å²) in [7, 11) is 0. The molecule has 0 aromatic carbocycles. The maximum atomic E-state index is 11.2. The zero-order valence-electron chi connectivity index (χ0n) is 7.39. The SMILES string of the molecule is CC(N)C(=O)CC1(C)CCC1. The highest BCUT2D eigenvalue weighted by Crippen LogP contribution is 2.43. The van der Waals surface area contributed by atoms with Gasteiger partial charge in [-0.05, 0) is 25.2 Å². The van der Waals surface area contributed by atoms with Gasteiger partial charge in [-0.15, -0.1) is 0 Å². The maximum Gasteiger partial charge on any atom is 0.149 e. The number of ketones is 1. The average molecular weight is 155 g/mol. The van der Waals surface area contributed by atoms with E-state index in [-0.39, 0.29) is 11.8 Å². The number of hydrogen-bond donors (Lipinski definition) is 1. The summed E-state index contributed by atoms with van der Waals surface area (Å²) in [6.45, 7) is 3.95. The minimum atomic E-state index is -0.271. The Morgan fingerprint density at radius 1 is 1.64 bits per heavy atom. The Balaban J connectivity index is 2.35. The van der Waals surface area contributed by atoms with Gasteiger partial charge in [-0.3, -0.25) is 4.79 Å². The predicted octanol–water partition coefficient (Wildman–Crippen LogP) is 1.48. The molecule has 0 saturated heterocycles. The van der Waals surface area contributed by atoms with Crippen LogP contribution in [0.15, 0.2) is 0 Å². The van der Waals surface area contributed by atoms with Crippen molar-refractivity contribution in [2.75, 3.05) is 0 Å². The molecule has 0 amide bonds. The van der Waals surface area contributed by atoms with Crippen LogP contribution in [-0.2, 0) is 4.79 Å². The molecular formula is C9H17NO. The molecule has 1 atom stereocenters. The van der Waals surface area contributed by atoms with Crippen molar-refractivity contribution >= 4 is 5.78 Å². The molecule has 1 saturated carbocycles. The number of nitrogens with two attached hydrogens (primary N) is 1. The molecule has 0 radical (unpaired) electrons. The first-order valence-corrected chi connectivity index (χ1v) is 4.32. The molecule has 2 N–H and O–H groups in total. The summed E-state index contributed by atoms with van der Waals surface area (Å²) in [4.78, 5) is 11.2. The molecule has 11 heavy (non-hydrogen) atoms. The smallest absolute Gasteiger partial charge is 0.149 e. The molecule has 1 aliphatic carbocycles. The van der Waals surface area contributed by atoms with Crippen molar-refractivity contribution < 1.29 is 4.79 Å². The molecule has 0 heterocycles. The Hall–Kier alpha value is -0.370. The van der Waals surface area contributed by atoms with E-state index in [0.717, 1.165) is 0 Å². The zero-order chi connectivity index (χ0) is 8.48. The summed E-state index contributed by atoms with van der Waals surface area (Å²) in [5.74, 6) is 0.215. The summed E-state index contributed by atoms with van der Waals surface area (Å²) < 4.78 is 0. The highest BCUT2D eigenvalue weighted by atomic mass is 16.1. The van der Waals surface area contributed by atoms with E-state index in [2.05, 4.69) is 6.92 Å². The lowest BCUT2D eigenvalue weighted by atomic mass is 9.67. The first kappa shape index (κ1) is 8.72. The lowest BCUT2D eigenvalue weighted by Gasteiger charge is -2.38. The molecule has 0 aliphatic heterocycles. The number of carbonyl (C=O) groups excluding carboxylic acids is 1. The fraction of sp³-hybridized carbons (Fsp3) is 0.889. The standard InChI is InChI=1S/C9H17NO/c1-7(10)8(11)6-9(2)4-3-5-9/h7H,3-6,10H2,1-2H3. The van der Waals surface area contributed by atoms with E-state index in [1.807, 2.05) is 0 Å². The Morgan fingerprint density at radius 3 is 2.45 bits per heavy atom. The van der Waals surface area contributed by atoms with E-state index in [9.17, 15) is 4.79 Å². The summed E-state index contributed by atoms with van der Waals surface area (Å²) in [6.07, 6.45) is 4.37. The van der Waals surface area contributed by atoms with Gasteiger partial charge >= 0.3 is 0 Å². The molecule has 2 heteroatoms. The third-order valence-electron chi connectivity index (χ3n) is 2.67. The van der Waals surface area contributed by atoms with Crippen molar-refractivity contribution in [2.45, 2.75) is 45.6 Å². The van der Waals surface area contributed by atoms with Crippen LogP contribution < -0.4 is 5.73 Å². The normalized spacial score (nSPS) is 23.9. The maximum absolute atomic E-state index is 11.2. The van der Waals surface area contributed by atoms with Crippen LogP contribution in [0.5, 0.6) is 0 Å². The first-order valence-electron chi connectivity index (χ1n) is 4.32. The summed E-state index contributed by atoms with van der Waals surface area (Å²) >= 11 is 0. The Bertz CT molecular complexity index is 159. The van der Waals surface area contributed by atoms with Gasteiger partial charge in [0, 0.05) is 6.42 Å². The third-order valence-corrected chi connectivity index (χ3v) is 2.67. The van der Waals surface area contributed by atoms with Crippen LogP contribution in [0, 0.1) is 5.41 Å². The Labute approximate surface area is 68.2 Å². The van der Waals surface area contributed by atoms with Gasteiger partial charge in [0.1, 0.15) is 5.78 Å². The third kappa shape index (κ3) is 2.03. The minimum Gasteiger partial charge on any atom is -0.322 e. The van der Waals surface area contributed by atoms with Crippen LogP contribution in [-0.4, -0.2) is 11.8 Å². The van der Waals surface area contributed by atoms with E-state index >= 15 is 0 Å². The van der Waals surface area contributed by atoms with Gasteiger partial charge < -0.3 is 5.73 Å². The lowest BCUT2D eigenvalue weighted by molar-refractivity contribution is -0.123. The van der Waals surface area contributed by atoms with Gasteiger partial charge in [0.25, 0.3) is 0 Å². The molecule has 64 valence electrons. The van der Waals surface area contributed by atoms with Crippen LogP contribution >= 0.6 is 0 Å². The van der Waals surface area contributed by atoms with Gasteiger partial charge in [0.05, 0.1) is 6.04 Å². The van der Waals surface area contributed by atoms with E-state index in [1.54, 1.807) is 6.92 Å². The van der Waals surface area contributed by atoms with E-state index in [4.69, 9.17) is 5.73 Å². The molecule has 1 unspecified atom stereocenters. The molecule has 1 aliphatic rings. The summed E-state index contributed by atoms with van der Waals surface area (Å²) in [5, 5.41) is 0. The van der Waals surface area contributed by atoms with Crippen molar-refractivity contribution in [3.05, 3.63) is 0 Å². The predicted molar refractivity (Wildman–Crippen MR) is 45.2 cm³/mol. The molecule has 0 aromatic rings. The van der Waals surface area contributed by atoms with Crippen LogP contribution in [0.4, 0.5) is 0 Å². The van der Waals surface area contributed by atoms with Crippen LogP contribution in [0.2, 0.25) is 0 Å². The van der Waals surface area contributed by atoms with Crippen molar-refractivity contribution in [3.8, 4) is 0 Å². The topological polar surface area (TPSA) is 43.1 Å². The van der Waals surface area contributed by atoms with Crippen LogP contribution in [0.25, 0.3) is 0 Å². The van der Waals surface area contributed by atoms with E-state index < -0.39 is 0 Å². The summed E-state index contributed by atoms with van der Waals surface area (Å²) in [5.41, 5.74) is 5.77. The minimum absolute atomic E-state index is 0.215. The number of hydrogen-bond acceptors (Lipinski definition) is 2. The van der Waals surface area contributed by atoms with Crippen molar-refractivity contribution in [2.24, 2.45) is 11.1 Å². The van der Waals surface area contributed by atoms with Gasteiger partial charge in [-0.25, -0.2) is 0 Å². The molecular weight excluding hydrogens is 138 g/mol. The van der Waals surface area contributed by atoms with Gasteiger partial charge in [0.2, 0.25) is 0 Å². The summed E-state index contributed by atoms with van der Waals surface area (Å²) in [6, 6.07) is -0.271. The molecule has 0 bridgehead atoms. The molecule has 1 rings (SSSR count). The Morgan fingerprint density at radius 2 is 2.18 bits per heavy atom. The van der Waals surface area contributed by atoms with Gasteiger partial charge in [0.15, 0.2) is 0 Å². The molecule has 0 aromatic heterocycles. The van der Waals surface area contributed by atoms with E-state index in [0.29, 0.717) is 11.8 Å². The quantitative estimate of drug-likeness (QED) is 0.671. The second-order valence-electron chi connectivity index (χ2n) is 4.10. The average Bonchev–Trinajstić information content (AvgIpc) is 1.84. The fourth-order valence-corrected chi connectivity index (χ4v) is 1.54. The number of rotatable bonds is 3. The largest absolute Gasteiger partial charge is 0.322 e.